The van der Waals surface area contributed by atoms with Crippen molar-refractivity contribution in [2.75, 3.05) is 0 Å². The molecule has 1 rings (SSSR count). The van der Waals surface area contributed by atoms with Gasteiger partial charge in [-0.1, -0.05) is 13.8 Å². The van der Waals surface area contributed by atoms with E-state index in [2.05, 4.69) is 0 Å². The van der Waals surface area contributed by atoms with Crippen LogP contribution in [0.25, 0.3) is 0 Å². The normalized spacial score (nSPS) is 13.2. The zero-order valence-electron chi connectivity index (χ0n) is 9.24. The monoisotopic (exact) mass is 250 g/mol. The highest BCUT2D eigenvalue weighted by Gasteiger charge is 2.19. The molecule has 0 heterocycles. The number of benzene rings is 1. The molecule has 0 fully saturated rings. The van der Waals surface area contributed by atoms with E-state index in [4.69, 9.17) is 11.6 Å². The minimum Gasteiger partial charge on any atom is -0.207 e. The van der Waals surface area contributed by atoms with Crippen molar-refractivity contribution in [3.63, 3.8) is 0 Å². The third kappa shape index (κ3) is 3.41. The molecular weight excluding hydrogens is 237 g/mol. The van der Waals surface area contributed by atoms with Gasteiger partial charge in [0.25, 0.3) is 0 Å². The summed E-state index contributed by atoms with van der Waals surface area (Å²) in [5.74, 6) is -2.35. The summed E-state index contributed by atoms with van der Waals surface area (Å²) in [6.45, 7) is 4.00. The summed E-state index contributed by atoms with van der Waals surface area (Å²) in [5.41, 5.74) is -0.233. The Morgan fingerprint density at radius 3 is 2.00 bits per heavy atom. The molecule has 0 aliphatic carbocycles. The van der Waals surface area contributed by atoms with E-state index in [9.17, 15) is 13.2 Å². The van der Waals surface area contributed by atoms with Gasteiger partial charge in [-0.25, -0.2) is 13.2 Å². The molecule has 4 heteroatoms. The van der Waals surface area contributed by atoms with Crippen LogP contribution in [0.15, 0.2) is 12.1 Å². The Labute approximate surface area is 98.4 Å². The molecule has 0 N–H and O–H groups in total. The zero-order chi connectivity index (χ0) is 12.3. The van der Waals surface area contributed by atoms with Gasteiger partial charge in [-0.15, -0.1) is 11.6 Å². The lowest BCUT2D eigenvalue weighted by molar-refractivity contribution is 0.497. The molecule has 0 saturated carbocycles. The Kier molecular flexibility index (Phi) is 4.66. The predicted octanol–water partition coefficient (Wildman–Crippen LogP) is 4.82. The minimum absolute atomic E-state index is 0.233. The van der Waals surface area contributed by atoms with Crippen molar-refractivity contribution in [2.24, 2.45) is 5.92 Å². The van der Waals surface area contributed by atoms with E-state index in [1.165, 1.54) is 0 Å². The van der Waals surface area contributed by atoms with E-state index in [0.717, 1.165) is 6.42 Å². The molecule has 0 aliphatic rings. The predicted molar refractivity (Wildman–Crippen MR) is 59.0 cm³/mol. The van der Waals surface area contributed by atoms with E-state index < -0.39 is 22.8 Å². The van der Waals surface area contributed by atoms with Crippen molar-refractivity contribution in [2.45, 2.75) is 32.1 Å². The van der Waals surface area contributed by atoms with Gasteiger partial charge in [-0.05, 0) is 18.8 Å². The van der Waals surface area contributed by atoms with Gasteiger partial charge in [0.1, 0.15) is 17.5 Å². The van der Waals surface area contributed by atoms with Gasteiger partial charge in [0.2, 0.25) is 0 Å². The molecule has 1 atom stereocenters. The average Bonchev–Trinajstić information content (AvgIpc) is 2.12. The van der Waals surface area contributed by atoms with Crippen molar-refractivity contribution in [3.05, 3.63) is 35.1 Å². The van der Waals surface area contributed by atoms with Crippen LogP contribution in [0, 0.1) is 23.4 Å². The molecule has 1 unspecified atom stereocenters. The largest absolute Gasteiger partial charge is 0.207 e. The molecule has 90 valence electrons. The first-order valence-corrected chi connectivity index (χ1v) is 5.64. The summed E-state index contributed by atoms with van der Waals surface area (Å²) < 4.78 is 39.3. The highest BCUT2D eigenvalue weighted by atomic mass is 35.5. The van der Waals surface area contributed by atoms with Crippen molar-refractivity contribution in [3.8, 4) is 0 Å². The number of hydrogen-bond donors (Lipinski definition) is 0. The topological polar surface area (TPSA) is 0 Å². The number of alkyl halides is 1. The molecular formula is C12H14ClF3. The van der Waals surface area contributed by atoms with Crippen LogP contribution < -0.4 is 0 Å². The van der Waals surface area contributed by atoms with Gasteiger partial charge in [0, 0.05) is 17.7 Å². The van der Waals surface area contributed by atoms with Crippen LogP contribution in [0.1, 0.15) is 37.6 Å². The first kappa shape index (κ1) is 13.4. The second-order valence-corrected chi connectivity index (χ2v) is 4.75. The fraction of sp³-hybridized carbons (Fsp3) is 0.500. The molecule has 1 aromatic carbocycles. The van der Waals surface area contributed by atoms with Crippen LogP contribution in [0.4, 0.5) is 13.2 Å². The molecule has 0 amide bonds. The first-order chi connectivity index (χ1) is 7.41. The molecule has 0 saturated heterocycles. The smallest absolute Gasteiger partial charge is 0.133 e. The van der Waals surface area contributed by atoms with Gasteiger partial charge in [-0.3, -0.25) is 0 Å². The molecule has 1 aromatic rings. The van der Waals surface area contributed by atoms with Crippen LogP contribution in [-0.4, -0.2) is 0 Å². The first-order valence-electron chi connectivity index (χ1n) is 5.20. The SMILES string of the molecule is CC(C)CCC(Cl)c1c(F)cc(F)cc1F. The molecule has 0 aromatic heterocycles. The van der Waals surface area contributed by atoms with Crippen molar-refractivity contribution in [1.29, 1.82) is 0 Å². The Bertz CT molecular complexity index is 340. The lowest BCUT2D eigenvalue weighted by Crippen LogP contribution is -2.02. The van der Waals surface area contributed by atoms with Gasteiger partial charge >= 0.3 is 0 Å². The summed E-state index contributed by atoms with van der Waals surface area (Å²) in [6, 6.07) is 1.31. The van der Waals surface area contributed by atoms with Crippen LogP contribution in [0.2, 0.25) is 0 Å². The van der Waals surface area contributed by atoms with E-state index in [0.29, 0.717) is 24.5 Å². The Balaban J connectivity index is 2.86. The summed E-state index contributed by atoms with van der Waals surface area (Å²) in [5, 5.41) is -0.747. The van der Waals surface area contributed by atoms with Crippen LogP contribution >= 0.6 is 11.6 Å². The maximum Gasteiger partial charge on any atom is 0.133 e. The maximum absolute atomic E-state index is 13.3. The quantitative estimate of drug-likeness (QED) is 0.672. The van der Waals surface area contributed by atoms with Crippen LogP contribution in [0.5, 0.6) is 0 Å². The number of hydrogen-bond acceptors (Lipinski definition) is 0. The number of halogens is 4. The maximum atomic E-state index is 13.3. The zero-order valence-corrected chi connectivity index (χ0v) is 9.99. The van der Waals surface area contributed by atoms with Gasteiger partial charge in [-0.2, -0.15) is 0 Å². The van der Waals surface area contributed by atoms with Gasteiger partial charge in [0.15, 0.2) is 0 Å². The van der Waals surface area contributed by atoms with Gasteiger partial charge in [0.05, 0.1) is 5.38 Å². The second kappa shape index (κ2) is 5.58. The van der Waals surface area contributed by atoms with E-state index in [-0.39, 0.29) is 5.56 Å². The fourth-order valence-electron chi connectivity index (χ4n) is 1.48. The molecule has 0 spiro atoms. The third-order valence-corrected chi connectivity index (χ3v) is 2.79. The summed E-state index contributed by atoms with van der Waals surface area (Å²) >= 11 is 5.91. The van der Waals surface area contributed by atoms with Crippen LogP contribution in [-0.2, 0) is 0 Å². The van der Waals surface area contributed by atoms with Crippen molar-refractivity contribution >= 4 is 11.6 Å². The molecule has 0 nitrogen and oxygen atoms in total. The summed E-state index contributed by atoms with van der Waals surface area (Å²) in [4.78, 5) is 0. The number of rotatable bonds is 4. The summed E-state index contributed by atoms with van der Waals surface area (Å²) in [6.07, 6.45) is 1.24. The summed E-state index contributed by atoms with van der Waals surface area (Å²) in [7, 11) is 0. The van der Waals surface area contributed by atoms with E-state index in [1.54, 1.807) is 0 Å². The molecule has 0 radical (unpaired) electrons. The van der Waals surface area contributed by atoms with Gasteiger partial charge < -0.3 is 0 Å². The Hall–Kier alpha value is -0.700. The highest BCUT2D eigenvalue weighted by molar-refractivity contribution is 6.20. The molecule has 16 heavy (non-hydrogen) atoms. The highest BCUT2D eigenvalue weighted by Crippen LogP contribution is 2.31. The van der Waals surface area contributed by atoms with E-state index in [1.807, 2.05) is 13.8 Å². The standard InChI is InChI=1S/C12H14ClF3/c1-7(2)3-4-9(13)12-10(15)5-8(14)6-11(12)16/h5-7,9H,3-4H2,1-2H3. The average molecular weight is 251 g/mol. The Morgan fingerprint density at radius 1 is 1.06 bits per heavy atom. The third-order valence-electron chi connectivity index (χ3n) is 2.35. The van der Waals surface area contributed by atoms with Crippen molar-refractivity contribution < 1.29 is 13.2 Å². The van der Waals surface area contributed by atoms with E-state index >= 15 is 0 Å². The fourth-order valence-corrected chi connectivity index (χ4v) is 1.81. The lowest BCUT2D eigenvalue weighted by atomic mass is 10.0. The molecule has 0 aliphatic heterocycles. The minimum atomic E-state index is -0.925. The Morgan fingerprint density at radius 2 is 1.56 bits per heavy atom. The van der Waals surface area contributed by atoms with Crippen molar-refractivity contribution in [1.82, 2.24) is 0 Å². The molecule has 0 bridgehead atoms. The lowest BCUT2D eigenvalue weighted by Gasteiger charge is -2.13. The van der Waals surface area contributed by atoms with Crippen LogP contribution in [0.3, 0.4) is 0 Å². The second-order valence-electron chi connectivity index (χ2n) is 4.22.